The van der Waals surface area contributed by atoms with Gasteiger partial charge in [0, 0.05) is 0 Å². The summed E-state index contributed by atoms with van der Waals surface area (Å²) < 4.78 is 42.6. The molecule has 2 aromatic rings. The van der Waals surface area contributed by atoms with E-state index in [0.29, 0.717) is 0 Å². The zero-order valence-electron chi connectivity index (χ0n) is 13.2. The van der Waals surface area contributed by atoms with Gasteiger partial charge in [-0.2, -0.15) is 0 Å². The lowest BCUT2D eigenvalue weighted by molar-refractivity contribution is 0.237. The van der Waals surface area contributed by atoms with E-state index in [1.54, 1.807) is 13.8 Å². The SMILES string of the molecule is CCOP1(=O)Cc2cccc3c(cccc23)CP(=O)(OCC)O1. The number of hydrogen-bond acceptors (Lipinski definition) is 5. The fourth-order valence-corrected chi connectivity index (χ4v) is 7.62. The molecule has 1 aliphatic rings. The predicted molar refractivity (Wildman–Crippen MR) is 90.9 cm³/mol. The Labute approximate surface area is 136 Å². The van der Waals surface area contributed by atoms with Gasteiger partial charge >= 0.3 is 15.2 Å². The summed E-state index contributed by atoms with van der Waals surface area (Å²) in [5.74, 6) is 0. The van der Waals surface area contributed by atoms with Gasteiger partial charge in [0.1, 0.15) is 0 Å². The third kappa shape index (κ3) is 3.45. The monoisotopic (exact) mass is 354 g/mol. The Morgan fingerprint density at radius 1 is 0.870 bits per heavy atom. The van der Waals surface area contributed by atoms with Crippen molar-refractivity contribution in [3.63, 3.8) is 0 Å². The van der Waals surface area contributed by atoms with E-state index in [2.05, 4.69) is 0 Å². The van der Waals surface area contributed by atoms with Crippen LogP contribution in [0.1, 0.15) is 25.0 Å². The highest BCUT2D eigenvalue weighted by molar-refractivity contribution is 7.66. The van der Waals surface area contributed by atoms with E-state index in [9.17, 15) is 9.13 Å². The second-order valence-corrected chi connectivity index (χ2v) is 9.63. The predicted octanol–water partition coefficient (Wildman–Crippen LogP) is 5.33. The maximum atomic E-state index is 13.1. The lowest BCUT2D eigenvalue weighted by Crippen LogP contribution is -2.01. The molecule has 124 valence electrons. The van der Waals surface area contributed by atoms with Crippen LogP contribution >= 0.6 is 15.2 Å². The van der Waals surface area contributed by atoms with Crippen LogP contribution in [0, 0.1) is 0 Å². The Morgan fingerprint density at radius 2 is 1.30 bits per heavy atom. The first-order chi connectivity index (χ1) is 11.0. The van der Waals surface area contributed by atoms with E-state index in [0.717, 1.165) is 21.9 Å². The fraction of sp³-hybridized carbons (Fsp3) is 0.375. The summed E-state index contributed by atoms with van der Waals surface area (Å²) in [7, 11) is -7.13. The van der Waals surface area contributed by atoms with Crippen LogP contribution in [-0.4, -0.2) is 13.2 Å². The standard InChI is InChI=1S/C16H20O5P2/c1-3-19-22(17)11-13-7-5-10-16-14(8-6-9-15(13)16)12-23(18,21-22)20-4-2/h5-10H,3-4,11-12H2,1-2H3. The van der Waals surface area contributed by atoms with Gasteiger partial charge in [-0.15, -0.1) is 0 Å². The van der Waals surface area contributed by atoms with Gasteiger partial charge in [0.2, 0.25) is 0 Å². The highest BCUT2D eigenvalue weighted by Gasteiger charge is 2.39. The molecule has 0 amide bonds. The molecule has 0 saturated carbocycles. The highest BCUT2D eigenvalue weighted by Crippen LogP contribution is 2.68. The minimum atomic E-state index is -3.56. The largest absolute Gasteiger partial charge is 0.342 e. The Kier molecular flexibility index (Phi) is 4.78. The van der Waals surface area contributed by atoms with Crippen LogP contribution in [0.4, 0.5) is 0 Å². The van der Waals surface area contributed by atoms with Crippen molar-refractivity contribution in [1.29, 1.82) is 0 Å². The van der Waals surface area contributed by atoms with Crippen LogP contribution < -0.4 is 0 Å². The van der Waals surface area contributed by atoms with Crippen molar-refractivity contribution >= 4 is 26.0 Å². The Bertz CT molecular complexity index is 750. The van der Waals surface area contributed by atoms with Gasteiger partial charge in [0.15, 0.2) is 0 Å². The second-order valence-electron chi connectivity index (χ2n) is 5.38. The minimum Gasteiger partial charge on any atom is -0.308 e. The zero-order valence-corrected chi connectivity index (χ0v) is 15.0. The molecule has 1 aliphatic heterocycles. The number of rotatable bonds is 4. The average Bonchev–Trinajstić information content (AvgIpc) is 2.49. The smallest absolute Gasteiger partial charge is 0.308 e. The van der Waals surface area contributed by atoms with Crippen LogP contribution in [0.2, 0.25) is 0 Å². The fourth-order valence-electron chi connectivity index (χ4n) is 2.91. The summed E-state index contributed by atoms with van der Waals surface area (Å²) in [5, 5.41) is 1.97. The van der Waals surface area contributed by atoms with Gasteiger partial charge in [-0.1, -0.05) is 36.4 Å². The molecule has 0 spiro atoms. The molecule has 1 heterocycles. The quantitative estimate of drug-likeness (QED) is 0.695. The molecule has 2 aromatic carbocycles. The third-order valence-corrected chi connectivity index (χ3v) is 8.48. The van der Waals surface area contributed by atoms with Crippen molar-refractivity contribution < 1.29 is 22.5 Å². The van der Waals surface area contributed by atoms with Gasteiger partial charge in [-0.3, -0.25) is 9.13 Å². The molecular weight excluding hydrogens is 334 g/mol. The molecule has 4 bridgehead atoms. The molecule has 0 fully saturated rings. The molecular formula is C16H20O5P2. The highest BCUT2D eigenvalue weighted by atomic mass is 31.3. The van der Waals surface area contributed by atoms with E-state index in [1.807, 2.05) is 36.4 Å². The van der Waals surface area contributed by atoms with Crippen LogP contribution in [0.25, 0.3) is 10.8 Å². The average molecular weight is 354 g/mol. The van der Waals surface area contributed by atoms with Crippen molar-refractivity contribution in [3.05, 3.63) is 47.5 Å². The van der Waals surface area contributed by atoms with Crippen molar-refractivity contribution in [2.24, 2.45) is 0 Å². The summed E-state index contributed by atoms with van der Waals surface area (Å²) in [4.78, 5) is 0. The van der Waals surface area contributed by atoms with Crippen molar-refractivity contribution in [2.45, 2.75) is 26.2 Å². The summed E-state index contributed by atoms with van der Waals surface area (Å²) >= 11 is 0. The maximum Gasteiger partial charge on any atom is 0.342 e. The molecule has 5 nitrogen and oxygen atoms in total. The molecule has 2 atom stereocenters. The van der Waals surface area contributed by atoms with E-state index in [-0.39, 0.29) is 25.5 Å². The van der Waals surface area contributed by atoms with E-state index in [1.165, 1.54) is 0 Å². The molecule has 0 radical (unpaired) electrons. The van der Waals surface area contributed by atoms with Crippen molar-refractivity contribution in [2.75, 3.05) is 13.2 Å². The maximum absolute atomic E-state index is 13.1. The second kappa shape index (κ2) is 6.51. The van der Waals surface area contributed by atoms with Gasteiger partial charge in [-0.05, 0) is 35.7 Å². The van der Waals surface area contributed by atoms with Crippen LogP contribution in [0.5, 0.6) is 0 Å². The Hall–Kier alpha value is -0.960. The normalized spacial score (nSPS) is 27.6. The Morgan fingerprint density at radius 3 is 1.70 bits per heavy atom. The molecule has 0 aliphatic carbocycles. The molecule has 0 saturated heterocycles. The first-order valence-electron chi connectivity index (χ1n) is 7.66. The zero-order chi connectivity index (χ0) is 16.5. The van der Waals surface area contributed by atoms with E-state index < -0.39 is 15.2 Å². The van der Waals surface area contributed by atoms with Crippen LogP contribution in [-0.2, 0) is 34.8 Å². The number of benzene rings is 2. The van der Waals surface area contributed by atoms with Gasteiger partial charge < -0.3 is 9.05 Å². The summed E-state index contributed by atoms with van der Waals surface area (Å²) in [6.07, 6.45) is 0.164. The van der Waals surface area contributed by atoms with E-state index >= 15 is 0 Å². The first kappa shape index (κ1) is 16.9. The van der Waals surface area contributed by atoms with Gasteiger partial charge in [0.25, 0.3) is 0 Å². The topological polar surface area (TPSA) is 61.8 Å². The lowest BCUT2D eigenvalue weighted by Gasteiger charge is -2.23. The molecule has 2 unspecified atom stereocenters. The minimum absolute atomic E-state index is 0.0820. The molecule has 0 aromatic heterocycles. The van der Waals surface area contributed by atoms with Crippen molar-refractivity contribution in [1.82, 2.24) is 0 Å². The summed E-state index contributed by atoms with van der Waals surface area (Å²) in [6, 6.07) is 11.6. The van der Waals surface area contributed by atoms with Gasteiger partial charge in [-0.25, -0.2) is 4.31 Å². The molecule has 0 N–H and O–H groups in total. The molecule has 7 heteroatoms. The Balaban J connectivity index is 2.21. The van der Waals surface area contributed by atoms with Gasteiger partial charge in [0.05, 0.1) is 25.5 Å². The first-order valence-corrected chi connectivity index (χ1v) is 11.1. The molecule has 3 rings (SSSR count). The third-order valence-electron chi connectivity index (χ3n) is 3.73. The molecule has 23 heavy (non-hydrogen) atoms. The van der Waals surface area contributed by atoms with Crippen LogP contribution in [0.15, 0.2) is 36.4 Å². The summed E-state index contributed by atoms with van der Waals surface area (Å²) in [6.45, 7) is 3.91. The lowest BCUT2D eigenvalue weighted by atomic mass is 10.0. The van der Waals surface area contributed by atoms with E-state index in [4.69, 9.17) is 13.4 Å². The summed E-state index contributed by atoms with van der Waals surface area (Å²) in [5.41, 5.74) is 1.73. The number of hydrogen-bond donors (Lipinski definition) is 0. The van der Waals surface area contributed by atoms with Crippen molar-refractivity contribution in [3.8, 4) is 0 Å². The van der Waals surface area contributed by atoms with Crippen LogP contribution in [0.3, 0.4) is 0 Å².